The number of carboxylic acid groups (broad SMARTS) is 1. The van der Waals surface area contributed by atoms with Gasteiger partial charge in [0.2, 0.25) is 11.3 Å². The molecule has 2 aromatic heterocycles. The average Bonchev–Trinajstić information content (AvgIpc) is 2.79. The zero-order valence-corrected chi connectivity index (χ0v) is 18.6. The SMILES string of the molecule is Cc1cc2c(=O)c(C#N)c(N3CCC(F)(F)CC3)oc2c(C(C)Nc2ccccc2C(=O)O)n1. The fraction of sp³-hybridized carbons (Fsp3) is 0.333. The van der Waals surface area contributed by atoms with Gasteiger partial charge in [0.15, 0.2) is 11.1 Å². The molecule has 0 saturated carbocycles. The first-order valence-electron chi connectivity index (χ1n) is 10.7. The van der Waals surface area contributed by atoms with Gasteiger partial charge in [-0.05, 0) is 32.0 Å². The van der Waals surface area contributed by atoms with Crippen molar-refractivity contribution in [3.8, 4) is 6.07 Å². The van der Waals surface area contributed by atoms with Gasteiger partial charge in [0.05, 0.1) is 17.0 Å². The molecule has 1 aliphatic rings. The Morgan fingerprint density at radius 1 is 1.32 bits per heavy atom. The number of fused-ring (bicyclic) bond motifs is 1. The van der Waals surface area contributed by atoms with Gasteiger partial charge < -0.3 is 19.7 Å². The molecule has 1 atom stereocenters. The van der Waals surface area contributed by atoms with E-state index in [0.717, 1.165) is 0 Å². The summed E-state index contributed by atoms with van der Waals surface area (Å²) >= 11 is 0. The van der Waals surface area contributed by atoms with Crippen molar-refractivity contribution in [3.05, 3.63) is 63.1 Å². The molecule has 176 valence electrons. The van der Waals surface area contributed by atoms with Gasteiger partial charge in [0, 0.05) is 37.3 Å². The number of nitrogens with zero attached hydrogens (tertiary/aromatic N) is 3. The lowest BCUT2D eigenvalue weighted by molar-refractivity contribution is -0.0225. The molecule has 2 N–H and O–H groups in total. The number of aryl methyl sites for hydroxylation is 1. The molecular weight excluding hydrogens is 446 g/mol. The minimum absolute atomic E-state index is 0.0551. The normalized spacial score (nSPS) is 16.1. The van der Waals surface area contributed by atoms with Gasteiger partial charge >= 0.3 is 5.97 Å². The maximum Gasteiger partial charge on any atom is 0.337 e. The molecule has 0 amide bonds. The highest BCUT2D eigenvalue weighted by Gasteiger charge is 2.36. The van der Waals surface area contributed by atoms with E-state index in [0.29, 0.717) is 17.1 Å². The second-order valence-corrected chi connectivity index (χ2v) is 8.31. The third kappa shape index (κ3) is 4.29. The van der Waals surface area contributed by atoms with E-state index in [1.807, 2.05) is 6.07 Å². The number of carbonyl (C=O) groups is 1. The second kappa shape index (κ2) is 8.74. The molecular formula is C24H22F2N4O4. The van der Waals surface area contributed by atoms with Crippen LogP contribution in [0, 0.1) is 18.3 Å². The molecule has 3 heterocycles. The third-order valence-corrected chi connectivity index (χ3v) is 5.85. The topological polar surface area (TPSA) is 119 Å². The number of nitriles is 1. The number of aromatic nitrogens is 1. The summed E-state index contributed by atoms with van der Waals surface area (Å²) < 4.78 is 33.4. The standard InChI is InChI=1S/C24H22F2N4O4/c1-13-11-16-20(31)17(12-27)22(30-9-7-24(25,26)8-10-30)34-21(16)19(28-13)14(2)29-18-6-4-3-5-15(18)23(32)33/h3-6,11,14,29H,7-10H2,1-2H3,(H,32,33). The number of benzene rings is 1. The van der Waals surface area contributed by atoms with Crippen molar-refractivity contribution in [2.24, 2.45) is 0 Å². The van der Waals surface area contributed by atoms with Crippen LogP contribution in [0.5, 0.6) is 0 Å². The Kier molecular flexibility index (Phi) is 5.96. The number of piperidine rings is 1. The van der Waals surface area contributed by atoms with Crippen LogP contribution in [0.25, 0.3) is 11.0 Å². The van der Waals surface area contributed by atoms with Gasteiger partial charge in [-0.2, -0.15) is 5.26 Å². The molecule has 0 spiro atoms. The Labute approximate surface area is 193 Å². The molecule has 10 heteroatoms. The van der Waals surface area contributed by atoms with Crippen LogP contribution in [0.15, 0.2) is 39.5 Å². The monoisotopic (exact) mass is 468 g/mol. The minimum atomic E-state index is -2.81. The molecule has 0 aliphatic carbocycles. The third-order valence-electron chi connectivity index (χ3n) is 5.85. The van der Waals surface area contributed by atoms with Crippen molar-refractivity contribution in [2.45, 2.75) is 38.7 Å². The number of alkyl halides is 2. The first kappa shape index (κ1) is 23.2. The number of halogens is 2. The summed E-state index contributed by atoms with van der Waals surface area (Å²) in [4.78, 5) is 30.8. The summed E-state index contributed by atoms with van der Waals surface area (Å²) in [6.45, 7) is 3.29. The summed E-state index contributed by atoms with van der Waals surface area (Å²) in [5, 5.41) is 22.4. The van der Waals surface area contributed by atoms with Crippen LogP contribution in [0.3, 0.4) is 0 Å². The quantitative estimate of drug-likeness (QED) is 0.563. The Bertz CT molecular complexity index is 1370. The number of rotatable bonds is 5. The lowest BCUT2D eigenvalue weighted by Crippen LogP contribution is -2.40. The van der Waals surface area contributed by atoms with E-state index in [4.69, 9.17) is 4.42 Å². The van der Waals surface area contributed by atoms with E-state index < -0.39 is 36.2 Å². The molecule has 1 unspecified atom stereocenters. The predicted octanol–water partition coefficient (Wildman–Crippen LogP) is 4.47. The fourth-order valence-electron chi connectivity index (χ4n) is 4.09. The number of pyridine rings is 1. The number of hydrogen-bond acceptors (Lipinski definition) is 7. The van der Waals surface area contributed by atoms with E-state index in [1.54, 1.807) is 32.0 Å². The molecule has 1 aliphatic heterocycles. The smallest absolute Gasteiger partial charge is 0.337 e. The molecule has 1 fully saturated rings. The largest absolute Gasteiger partial charge is 0.478 e. The highest BCUT2D eigenvalue weighted by atomic mass is 19.3. The van der Waals surface area contributed by atoms with Gasteiger partial charge in [-0.1, -0.05) is 12.1 Å². The average molecular weight is 468 g/mol. The van der Waals surface area contributed by atoms with Gasteiger partial charge in [-0.3, -0.25) is 9.78 Å². The number of hydrogen-bond donors (Lipinski definition) is 2. The van der Waals surface area contributed by atoms with Gasteiger partial charge in [0.25, 0.3) is 5.92 Å². The molecule has 3 aromatic rings. The molecule has 0 bridgehead atoms. The minimum Gasteiger partial charge on any atom is -0.478 e. The summed E-state index contributed by atoms with van der Waals surface area (Å²) in [5.74, 6) is -3.97. The van der Waals surface area contributed by atoms with Crippen LogP contribution in [0.4, 0.5) is 20.4 Å². The molecule has 34 heavy (non-hydrogen) atoms. The number of para-hydroxylation sites is 1. The molecule has 4 rings (SSSR count). The van der Waals surface area contributed by atoms with Crippen LogP contribution in [0.1, 0.15) is 53.1 Å². The Hall–Kier alpha value is -4.00. The van der Waals surface area contributed by atoms with Crippen LogP contribution >= 0.6 is 0 Å². The second-order valence-electron chi connectivity index (χ2n) is 8.31. The first-order chi connectivity index (χ1) is 16.1. The van der Waals surface area contributed by atoms with Gasteiger partial charge in [0.1, 0.15) is 11.8 Å². The maximum atomic E-state index is 13.7. The fourth-order valence-corrected chi connectivity index (χ4v) is 4.09. The molecule has 1 aromatic carbocycles. The number of anilines is 2. The number of carboxylic acids is 1. The summed E-state index contributed by atoms with van der Waals surface area (Å²) in [7, 11) is 0. The Balaban J connectivity index is 1.83. The summed E-state index contributed by atoms with van der Waals surface area (Å²) in [5.41, 5.74) is 0.564. The lowest BCUT2D eigenvalue weighted by atomic mass is 10.0. The van der Waals surface area contributed by atoms with Gasteiger partial charge in [-0.25, -0.2) is 13.6 Å². The summed E-state index contributed by atoms with van der Waals surface area (Å²) in [6.07, 6.45) is -0.828. The lowest BCUT2D eigenvalue weighted by Gasteiger charge is -2.32. The predicted molar refractivity (Wildman–Crippen MR) is 122 cm³/mol. The van der Waals surface area contributed by atoms with Crippen molar-refractivity contribution in [2.75, 3.05) is 23.3 Å². The van der Waals surface area contributed by atoms with Crippen molar-refractivity contribution >= 4 is 28.5 Å². The van der Waals surface area contributed by atoms with E-state index in [2.05, 4.69) is 10.3 Å². The van der Waals surface area contributed by atoms with Crippen molar-refractivity contribution < 1.29 is 23.1 Å². The van der Waals surface area contributed by atoms with E-state index in [9.17, 15) is 28.7 Å². The zero-order chi connectivity index (χ0) is 24.6. The molecule has 0 radical (unpaired) electrons. The first-order valence-corrected chi connectivity index (χ1v) is 10.7. The molecule has 1 saturated heterocycles. The van der Waals surface area contributed by atoms with Crippen molar-refractivity contribution in [1.29, 1.82) is 5.26 Å². The van der Waals surface area contributed by atoms with Crippen LogP contribution < -0.4 is 15.6 Å². The summed E-state index contributed by atoms with van der Waals surface area (Å²) in [6, 6.07) is 9.16. The Morgan fingerprint density at radius 2 is 2.00 bits per heavy atom. The highest BCUT2D eigenvalue weighted by Crippen LogP contribution is 2.34. The van der Waals surface area contributed by atoms with E-state index in [1.165, 1.54) is 17.0 Å². The van der Waals surface area contributed by atoms with Crippen molar-refractivity contribution in [1.82, 2.24) is 4.98 Å². The Morgan fingerprint density at radius 3 is 2.65 bits per heavy atom. The maximum absolute atomic E-state index is 13.7. The molecule has 8 nitrogen and oxygen atoms in total. The van der Waals surface area contributed by atoms with Gasteiger partial charge in [-0.15, -0.1) is 0 Å². The van der Waals surface area contributed by atoms with Crippen LogP contribution in [-0.2, 0) is 0 Å². The van der Waals surface area contributed by atoms with Crippen LogP contribution in [-0.4, -0.2) is 35.1 Å². The van der Waals surface area contributed by atoms with E-state index in [-0.39, 0.29) is 41.1 Å². The number of aromatic carboxylic acids is 1. The van der Waals surface area contributed by atoms with E-state index >= 15 is 0 Å². The van der Waals surface area contributed by atoms with Crippen LogP contribution in [0.2, 0.25) is 0 Å². The van der Waals surface area contributed by atoms with Crippen molar-refractivity contribution in [3.63, 3.8) is 0 Å². The highest BCUT2D eigenvalue weighted by molar-refractivity contribution is 5.94. The number of nitrogens with one attached hydrogen (secondary N) is 1. The zero-order valence-electron chi connectivity index (χ0n) is 18.6.